The van der Waals surface area contributed by atoms with Gasteiger partial charge in [0.15, 0.2) is 0 Å². The first-order valence-corrected chi connectivity index (χ1v) is 7.76. The summed E-state index contributed by atoms with van der Waals surface area (Å²) in [5.74, 6) is 0.129. The maximum atomic E-state index is 10.5. The quantitative estimate of drug-likeness (QED) is 0.875. The third-order valence-corrected chi connectivity index (χ3v) is 4.06. The average Bonchev–Trinajstić information content (AvgIpc) is 2.47. The van der Waals surface area contributed by atoms with Gasteiger partial charge in [-0.3, -0.25) is 4.79 Å². The Morgan fingerprint density at radius 2 is 1.90 bits per heavy atom. The van der Waals surface area contributed by atoms with Crippen molar-refractivity contribution in [2.75, 3.05) is 13.1 Å². The molecule has 0 atom stereocenters. The van der Waals surface area contributed by atoms with Crippen LogP contribution in [0.5, 0.6) is 5.75 Å². The molecule has 0 aromatic heterocycles. The summed E-state index contributed by atoms with van der Waals surface area (Å²) in [6, 6.07) is 8.43. The number of likely N-dealkylation sites (tertiary alicyclic amines) is 1. The minimum Gasteiger partial charge on any atom is -0.490 e. The second-order valence-corrected chi connectivity index (χ2v) is 5.98. The molecule has 1 aromatic rings. The topological polar surface area (TPSA) is 49.8 Å². The minimum absolute atomic E-state index is 0.174. The molecule has 1 saturated heterocycles. The minimum atomic E-state index is -0.757. The van der Waals surface area contributed by atoms with E-state index in [9.17, 15) is 4.79 Å². The smallest absolute Gasteiger partial charge is 0.303 e. The molecule has 1 aliphatic rings. The van der Waals surface area contributed by atoms with Crippen LogP contribution < -0.4 is 4.74 Å². The number of nitrogens with zero attached hydrogens (tertiary/aromatic N) is 1. The van der Waals surface area contributed by atoms with E-state index in [0.717, 1.165) is 37.2 Å². The molecule has 1 fully saturated rings. The van der Waals surface area contributed by atoms with Gasteiger partial charge in [-0.2, -0.15) is 0 Å². The van der Waals surface area contributed by atoms with Crippen LogP contribution in [0.15, 0.2) is 24.3 Å². The lowest BCUT2D eigenvalue weighted by atomic mass is 10.1. The van der Waals surface area contributed by atoms with Gasteiger partial charge in [-0.05, 0) is 50.8 Å². The number of hydrogen-bond donors (Lipinski definition) is 1. The third kappa shape index (κ3) is 5.05. The van der Waals surface area contributed by atoms with Crippen molar-refractivity contribution in [1.82, 2.24) is 4.90 Å². The lowest BCUT2D eigenvalue weighted by molar-refractivity contribution is -0.136. The number of ether oxygens (including phenoxy) is 1. The van der Waals surface area contributed by atoms with E-state index in [1.807, 2.05) is 24.3 Å². The number of benzene rings is 1. The molecule has 0 radical (unpaired) electrons. The van der Waals surface area contributed by atoms with Crippen LogP contribution in [0.25, 0.3) is 0 Å². The molecule has 21 heavy (non-hydrogen) atoms. The molecule has 1 heterocycles. The van der Waals surface area contributed by atoms with Gasteiger partial charge in [0.2, 0.25) is 0 Å². The average molecular weight is 291 g/mol. The number of piperidine rings is 1. The van der Waals surface area contributed by atoms with Crippen molar-refractivity contribution in [3.05, 3.63) is 29.8 Å². The van der Waals surface area contributed by atoms with E-state index in [4.69, 9.17) is 9.84 Å². The van der Waals surface area contributed by atoms with Crippen LogP contribution in [-0.2, 0) is 11.2 Å². The zero-order valence-electron chi connectivity index (χ0n) is 12.9. The van der Waals surface area contributed by atoms with Gasteiger partial charge in [0.1, 0.15) is 11.9 Å². The van der Waals surface area contributed by atoms with Gasteiger partial charge in [0.05, 0.1) is 0 Å². The highest BCUT2D eigenvalue weighted by Gasteiger charge is 2.21. The number of aliphatic carboxylic acids is 1. The molecule has 2 rings (SSSR count). The zero-order valence-corrected chi connectivity index (χ0v) is 12.9. The second-order valence-electron chi connectivity index (χ2n) is 5.98. The van der Waals surface area contributed by atoms with E-state index in [0.29, 0.717) is 18.6 Å². The Morgan fingerprint density at radius 1 is 1.29 bits per heavy atom. The van der Waals surface area contributed by atoms with Crippen LogP contribution in [0, 0.1) is 0 Å². The number of rotatable bonds is 6. The van der Waals surface area contributed by atoms with E-state index in [2.05, 4.69) is 18.7 Å². The molecule has 1 aromatic carbocycles. The highest BCUT2D eigenvalue weighted by atomic mass is 16.5. The van der Waals surface area contributed by atoms with Gasteiger partial charge in [-0.1, -0.05) is 12.1 Å². The van der Waals surface area contributed by atoms with Crippen molar-refractivity contribution in [1.29, 1.82) is 0 Å². The molecule has 0 bridgehead atoms. The highest BCUT2D eigenvalue weighted by molar-refractivity contribution is 5.67. The Bertz CT molecular complexity index is 448. The van der Waals surface area contributed by atoms with Crippen LogP contribution in [-0.4, -0.2) is 41.2 Å². The summed E-state index contributed by atoms with van der Waals surface area (Å²) in [5, 5.41) is 8.68. The maximum absolute atomic E-state index is 10.5. The molecule has 0 aliphatic carbocycles. The van der Waals surface area contributed by atoms with Crippen molar-refractivity contribution < 1.29 is 14.6 Å². The lowest BCUT2D eigenvalue weighted by Crippen LogP contribution is -2.41. The standard InChI is InChI=1S/C17H25NO3/c1-13(2)18-11-9-16(10-12-18)21-15-6-3-14(4-7-15)5-8-17(19)20/h3-4,6-7,13,16H,5,8-12H2,1-2H3,(H,19,20). The summed E-state index contributed by atoms with van der Waals surface area (Å²) in [6.07, 6.45) is 3.18. The third-order valence-electron chi connectivity index (χ3n) is 4.06. The Morgan fingerprint density at radius 3 is 2.43 bits per heavy atom. The first-order valence-electron chi connectivity index (χ1n) is 7.76. The molecule has 0 unspecified atom stereocenters. The fourth-order valence-electron chi connectivity index (χ4n) is 2.69. The van der Waals surface area contributed by atoms with Crippen molar-refractivity contribution in [2.45, 2.75) is 51.7 Å². The van der Waals surface area contributed by atoms with Gasteiger partial charge in [0, 0.05) is 25.6 Å². The van der Waals surface area contributed by atoms with E-state index in [-0.39, 0.29) is 6.42 Å². The summed E-state index contributed by atoms with van der Waals surface area (Å²) < 4.78 is 6.02. The number of carbonyl (C=O) groups is 1. The lowest BCUT2D eigenvalue weighted by Gasteiger charge is -2.34. The van der Waals surface area contributed by atoms with Crippen molar-refractivity contribution in [3.63, 3.8) is 0 Å². The van der Waals surface area contributed by atoms with Crippen molar-refractivity contribution in [2.24, 2.45) is 0 Å². The van der Waals surface area contributed by atoms with Crippen LogP contribution in [0.1, 0.15) is 38.7 Å². The Hall–Kier alpha value is -1.55. The summed E-state index contributed by atoms with van der Waals surface area (Å²) >= 11 is 0. The number of aryl methyl sites for hydroxylation is 1. The summed E-state index contributed by atoms with van der Waals surface area (Å²) in [6.45, 7) is 6.66. The van der Waals surface area contributed by atoms with Crippen LogP contribution >= 0.6 is 0 Å². The molecule has 116 valence electrons. The number of carboxylic acid groups (broad SMARTS) is 1. The van der Waals surface area contributed by atoms with E-state index in [1.165, 1.54) is 0 Å². The van der Waals surface area contributed by atoms with Crippen molar-refractivity contribution in [3.8, 4) is 5.75 Å². The van der Waals surface area contributed by atoms with Crippen LogP contribution in [0.2, 0.25) is 0 Å². The first-order chi connectivity index (χ1) is 10.0. The molecule has 0 spiro atoms. The molecular formula is C17H25NO3. The van der Waals surface area contributed by atoms with Crippen LogP contribution in [0.3, 0.4) is 0 Å². The largest absolute Gasteiger partial charge is 0.490 e. The molecule has 1 N–H and O–H groups in total. The summed E-state index contributed by atoms with van der Waals surface area (Å²) in [4.78, 5) is 13.0. The monoisotopic (exact) mass is 291 g/mol. The molecule has 0 amide bonds. The predicted octanol–water partition coefficient (Wildman–Crippen LogP) is 2.96. The van der Waals surface area contributed by atoms with Gasteiger partial charge < -0.3 is 14.7 Å². The highest BCUT2D eigenvalue weighted by Crippen LogP contribution is 2.21. The van der Waals surface area contributed by atoms with Crippen molar-refractivity contribution >= 4 is 5.97 Å². The number of carboxylic acids is 1. The Kier molecular flexibility index (Phi) is 5.62. The normalized spacial score (nSPS) is 17.1. The molecule has 0 saturated carbocycles. The van der Waals surface area contributed by atoms with Gasteiger partial charge in [-0.25, -0.2) is 0 Å². The Labute approximate surface area is 126 Å². The fraction of sp³-hybridized carbons (Fsp3) is 0.588. The number of hydrogen-bond acceptors (Lipinski definition) is 3. The SMILES string of the molecule is CC(C)N1CCC(Oc2ccc(CCC(=O)O)cc2)CC1. The van der Waals surface area contributed by atoms with E-state index < -0.39 is 5.97 Å². The van der Waals surface area contributed by atoms with Crippen LogP contribution in [0.4, 0.5) is 0 Å². The first kappa shape index (κ1) is 15.8. The van der Waals surface area contributed by atoms with E-state index in [1.54, 1.807) is 0 Å². The molecule has 4 heteroatoms. The molecule has 4 nitrogen and oxygen atoms in total. The maximum Gasteiger partial charge on any atom is 0.303 e. The zero-order chi connectivity index (χ0) is 15.2. The predicted molar refractivity (Wildman–Crippen MR) is 82.8 cm³/mol. The molecular weight excluding hydrogens is 266 g/mol. The fourth-order valence-corrected chi connectivity index (χ4v) is 2.69. The summed E-state index contributed by atoms with van der Waals surface area (Å²) in [7, 11) is 0. The Balaban J connectivity index is 1.80. The van der Waals surface area contributed by atoms with Gasteiger partial charge >= 0.3 is 5.97 Å². The molecule has 1 aliphatic heterocycles. The second kappa shape index (κ2) is 7.46. The van der Waals surface area contributed by atoms with Gasteiger partial charge in [0.25, 0.3) is 0 Å². The summed E-state index contributed by atoms with van der Waals surface area (Å²) in [5.41, 5.74) is 1.04. The van der Waals surface area contributed by atoms with E-state index >= 15 is 0 Å². The van der Waals surface area contributed by atoms with Gasteiger partial charge in [-0.15, -0.1) is 0 Å².